The van der Waals surface area contributed by atoms with Crippen molar-refractivity contribution in [1.82, 2.24) is 10.2 Å². The van der Waals surface area contributed by atoms with Crippen LogP contribution in [0.4, 0.5) is 9.52 Å². The molecule has 0 radical (unpaired) electrons. The van der Waals surface area contributed by atoms with Crippen molar-refractivity contribution >= 4 is 22.7 Å². The van der Waals surface area contributed by atoms with Crippen molar-refractivity contribution in [3.8, 4) is 22.1 Å². The van der Waals surface area contributed by atoms with Gasteiger partial charge in [0.15, 0.2) is 11.5 Å². The highest BCUT2D eigenvalue weighted by molar-refractivity contribution is 7.18. The normalized spacial score (nSPS) is 11.1. The molecule has 0 atom stereocenters. The number of phenolic OH excluding ortho intramolecular Hbond substituents is 2. The van der Waals surface area contributed by atoms with E-state index in [9.17, 15) is 14.6 Å². The first-order chi connectivity index (χ1) is 10.6. The molecule has 0 saturated heterocycles. The van der Waals surface area contributed by atoms with Gasteiger partial charge in [-0.25, -0.2) is 9.38 Å². The molecular formula is C15H10FN3O2S. The van der Waals surface area contributed by atoms with Gasteiger partial charge < -0.3 is 10.2 Å². The number of phenols is 2. The molecule has 0 bridgehead atoms. The van der Waals surface area contributed by atoms with Crippen LogP contribution in [0.5, 0.6) is 11.5 Å². The summed E-state index contributed by atoms with van der Waals surface area (Å²) in [5.41, 5.74) is 0.974. The van der Waals surface area contributed by atoms with E-state index in [2.05, 4.69) is 15.2 Å². The third kappa shape index (κ3) is 2.94. The number of nitrogens with zero attached hydrogens (tertiary/aromatic N) is 3. The predicted molar refractivity (Wildman–Crippen MR) is 82.3 cm³/mol. The standard InChI is InChI=1S/C15H10FN3O2S/c16-11-4-2-1-3-10(11)8-17-15-19-18-14(22-15)9-5-6-12(20)13(21)7-9/h1-8,20-21H. The third-order valence-electron chi connectivity index (χ3n) is 2.86. The molecule has 1 aromatic heterocycles. The van der Waals surface area contributed by atoms with Gasteiger partial charge >= 0.3 is 0 Å². The molecule has 0 spiro atoms. The lowest BCUT2D eigenvalue weighted by Gasteiger charge is -1.98. The lowest BCUT2D eigenvalue weighted by Crippen LogP contribution is -1.85. The Kier molecular flexibility index (Phi) is 3.80. The zero-order valence-electron chi connectivity index (χ0n) is 11.1. The molecule has 2 N–H and O–H groups in total. The van der Waals surface area contributed by atoms with Crippen LogP contribution in [-0.2, 0) is 0 Å². The van der Waals surface area contributed by atoms with E-state index >= 15 is 0 Å². The number of hydrogen-bond acceptors (Lipinski definition) is 6. The molecule has 0 unspecified atom stereocenters. The van der Waals surface area contributed by atoms with Gasteiger partial charge in [-0.15, -0.1) is 10.2 Å². The van der Waals surface area contributed by atoms with Crippen molar-refractivity contribution in [2.75, 3.05) is 0 Å². The summed E-state index contributed by atoms with van der Waals surface area (Å²) in [6.07, 6.45) is 1.38. The Balaban J connectivity index is 1.85. The molecule has 0 saturated carbocycles. The summed E-state index contributed by atoms with van der Waals surface area (Å²) in [5.74, 6) is -0.797. The number of rotatable bonds is 3. The van der Waals surface area contributed by atoms with Crippen molar-refractivity contribution in [2.45, 2.75) is 0 Å². The highest BCUT2D eigenvalue weighted by Crippen LogP contribution is 2.33. The van der Waals surface area contributed by atoms with E-state index in [0.29, 0.717) is 21.3 Å². The first-order valence-corrected chi connectivity index (χ1v) is 7.09. The minimum Gasteiger partial charge on any atom is -0.504 e. The van der Waals surface area contributed by atoms with E-state index in [1.54, 1.807) is 24.3 Å². The Morgan fingerprint density at radius 1 is 1.05 bits per heavy atom. The Morgan fingerprint density at radius 2 is 1.86 bits per heavy atom. The number of halogens is 1. The van der Waals surface area contributed by atoms with Gasteiger partial charge in [-0.3, -0.25) is 0 Å². The number of benzene rings is 2. The van der Waals surface area contributed by atoms with Crippen LogP contribution in [0.3, 0.4) is 0 Å². The van der Waals surface area contributed by atoms with E-state index in [1.165, 1.54) is 35.8 Å². The largest absolute Gasteiger partial charge is 0.504 e. The SMILES string of the molecule is Oc1ccc(-c2nnc(N=Cc3ccccc3F)s2)cc1O. The summed E-state index contributed by atoms with van der Waals surface area (Å²) in [4.78, 5) is 4.09. The Hall–Kier alpha value is -2.80. The summed E-state index contributed by atoms with van der Waals surface area (Å²) in [6, 6.07) is 10.7. The molecule has 0 fully saturated rings. The summed E-state index contributed by atoms with van der Waals surface area (Å²) in [7, 11) is 0. The first kappa shape index (κ1) is 14.2. The summed E-state index contributed by atoms with van der Waals surface area (Å²) < 4.78 is 13.5. The zero-order chi connectivity index (χ0) is 15.5. The molecular weight excluding hydrogens is 305 g/mol. The van der Waals surface area contributed by atoms with Gasteiger partial charge in [0.25, 0.3) is 0 Å². The Morgan fingerprint density at radius 3 is 2.64 bits per heavy atom. The highest BCUT2D eigenvalue weighted by Gasteiger charge is 2.08. The topological polar surface area (TPSA) is 78.6 Å². The molecule has 0 aliphatic carbocycles. The second-order valence-corrected chi connectivity index (χ2v) is 5.33. The molecule has 7 heteroatoms. The van der Waals surface area contributed by atoms with Gasteiger partial charge in [-0.1, -0.05) is 29.5 Å². The number of aromatic hydroxyl groups is 2. The first-order valence-electron chi connectivity index (χ1n) is 6.28. The predicted octanol–water partition coefficient (Wildman–Crippen LogP) is 3.51. The van der Waals surface area contributed by atoms with E-state index in [1.807, 2.05) is 0 Å². The Labute approximate surface area is 129 Å². The molecule has 22 heavy (non-hydrogen) atoms. The van der Waals surface area contributed by atoms with Crippen LogP contribution in [0.25, 0.3) is 10.6 Å². The van der Waals surface area contributed by atoms with Gasteiger partial charge in [0.1, 0.15) is 10.8 Å². The van der Waals surface area contributed by atoms with Crippen LogP contribution in [0.2, 0.25) is 0 Å². The molecule has 1 heterocycles. The minimum atomic E-state index is -0.362. The lowest BCUT2D eigenvalue weighted by atomic mass is 10.2. The van der Waals surface area contributed by atoms with E-state index < -0.39 is 0 Å². The van der Waals surface area contributed by atoms with Crippen LogP contribution in [0, 0.1) is 5.82 Å². The molecule has 110 valence electrons. The van der Waals surface area contributed by atoms with Gasteiger partial charge in [-0.05, 0) is 24.3 Å². The van der Waals surface area contributed by atoms with Crippen molar-refractivity contribution in [3.63, 3.8) is 0 Å². The minimum absolute atomic E-state index is 0.203. The van der Waals surface area contributed by atoms with E-state index in [4.69, 9.17) is 0 Å². The van der Waals surface area contributed by atoms with Crippen LogP contribution in [-0.4, -0.2) is 26.6 Å². The third-order valence-corrected chi connectivity index (χ3v) is 3.74. The van der Waals surface area contributed by atoms with Crippen molar-refractivity contribution in [1.29, 1.82) is 0 Å². The molecule has 3 aromatic rings. The van der Waals surface area contributed by atoms with Crippen molar-refractivity contribution < 1.29 is 14.6 Å². The fraction of sp³-hybridized carbons (Fsp3) is 0. The quantitative estimate of drug-likeness (QED) is 0.572. The maximum atomic E-state index is 13.5. The van der Waals surface area contributed by atoms with E-state index in [0.717, 1.165) is 0 Å². The van der Waals surface area contributed by atoms with Crippen LogP contribution < -0.4 is 0 Å². The van der Waals surface area contributed by atoms with Crippen LogP contribution in [0.1, 0.15) is 5.56 Å². The smallest absolute Gasteiger partial charge is 0.231 e. The average Bonchev–Trinajstić information content (AvgIpc) is 2.98. The van der Waals surface area contributed by atoms with Gasteiger partial charge in [0.2, 0.25) is 5.13 Å². The maximum absolute atomic E-state index is 13.5. The molecule has 3 rings (SSSR count). The van der Waals surface area contributed by atoms with Crippen LogP contribution >= 0.6 is 11.3 Å². The summed E-state index contributed by atoms with van der Waals surface area (Å²) >= 11 is 1.19. The van der Waals surface area contributed by atoms with Crippen LogP contribution in [0.15, 0.2) is 47.5 Å². The average molecular weight is 315 g/mol. The Bertz CT molecular complexity index is 848. The van der Waals surface area contributed by atoms with Crippen molar-refractivity contribution in [3.05, 3.63) is 53.8 Å². The van der Waals surface area contributed by atoms with E-state index in [-0.39, 0.29) is 17.3 Å². The molecule has 5 nitrogen and oxygen atoms in total. The number of hydrogen-bond donors (Lipinski definition) is 2. The lowest BCUT2D eigenvalue weighted by molar-refractivity contribution is 0.404. The number of aromatic nitrogens is 2. The second kappa shape index (κ2) is 5.90. The summed E-state index contributed by atoms with van der Waals surface area (Å²) in [6.45, 7) is 0. The van der Waals surface area contributed by atoms with Crippen molar-refractivity contribution in [2.24, 2.45) is 4.99 Å². The maximum Gasteiger partial charge on any atom is 0.231 e. The van der Waals surface area contributed by atoms with Gasteiger partial charge in [0.05, 0.1) is 0 Å². The molecule has 2 aromatic carbocycles. The fourth-order valence-electron chi connectivity index (χ4n) is 1.75. The van der Waals surface area contributed by atoms with Gasteiger partial charge in [0, 0.05) is 17.3 Å². The highest BCUT2D eigenvalue weighted by atomic mass is 32.1. The zero-order valence-corrected chi connectivity index (χ0v) is 12.0. The summed E-state index contributed by atoms with van der Waals surface area (Å²) in [5, 5.41) is 27.5. The fourth-order valence-corrected chi connectivity index (χ4v) is 2.43. The monoisotopic (exact) mass is 315 g/mol. The van der Waals surface area contributed by atoms with Gasteiger partial charge in [-0.2, -0.15) is 0 Å². The number of aliphatic imine (C=N–C) groups is 1. The molecule has 0 aliphatic heterocycles. The molecule has 0 aliphatic rings. The second-order valence-electron chi connectivity index (χ2n) is 4.37. The molecule has 0 amide bonds.